The number of nitrogens with zero attached hydrogens (tertiary/aromatic N) is 1. The lowest BCUT2D eigenvalue weighted by Gasteiger charge is -2.17. The molecule has 134 valence electrons. The summed E-state index contributed by atoms with van der Waals surface area (Å²) >= 11 is 0. The Bertz CT molecular complexity index is 991. The number of para-hydroxylation sites is 1. The summed E-state index contributed by atoms with van der Waals surface area (Å²) < 4.78 is 6.39. The number of primary amides is 1. The van der Waals surface area contributed by atoms with Gasteiger partial charge in [-0.3, -0.25) is 4.79 Å². The zero-order chi connectivity index (χ0) is 18.8. The summed E-state index contributed by atoms with van der Waals surface area (Å²) in [7, 11) is 2.87. The summed E-state index contributed by atoms with van der Waals surface area (Å²) in [5.41, 5.74) is 9.21. The zero-order valence-corrected chi connectivity index (χ0v) is 14.9. The van der Waals surface area contributed by atoms with Crippen LogP contribution in [0.4, 0.5) is 0 Å². The third-order valence-corrected chi connectivity index (χ3v) is 4.51. The van der Waals surface area contributed by atoms with Crippen molar-refractivity contribution in [3.63, 3.8) is 0 Å². The van der Waals surface area contributed by atoms with Crippen molar-refractivity contribution in [3.8, 4) is 0 Å². The third-order valence-electron chi connectivity index (χ3n) is 4.51. The van der Waals surface area contributed by atoms with Gasteiger partial charge < -0.3 is 15.3 Å². The van der Waals surface area contributed by atoms with E-state index < -0.39 is 17.8 Å². The molecule has 0 saturated carbocycles. The molecule has 2 N–H and O–H groups in total. The maximum atomic E-state index is 12.4. The molecule has 0 saturated heterocycles. The third kappa shape index (κ3) is 2.90. The van der Waals surface area contributed by atoms with Gasteiger partial charge >= 0.3 is 5.97 Å². The van der Waals surface area contributed by atoms with E-state index in [9.17, 15) is 9.59 Å². The van der Waals surface area contributed by atoms with Gasteiger partial charge in [-0.05, 0) is 41.8 Å². The van der Waals surface area contributed by atoms with Crippen molar-refractivity contribution in [2.75, 3.05) is 14.2 Å². The predicted octanol–water partition coefficient (Wildman–Crippen LogP) is 2.41. The van der Waals surface area contributed by atoms with Crippen molar-refractivity contribution >= 4 is 22.8 Å². The first kappa shape index (κ1) is 17.5. The van der Waals surface area contributed by atoms with E-state index in [0.29, 0.717) is 11.1 Å². The molecule has 3 aromatic rings. The van der Waals surface area contributed by atoms with Gasteiger partial charge in [-0.25, -0.2) is 4.79 Å². The van der Waals surface area contributed by atoms with Gasteiger partial charge in [0.1, 0.15) is 7.11 Å². The number of benzene rings is 2. The number of hydrogen-bond acceptors (Lipinski definition) is 4. The number of nitrogens with two attached hydrogens (primary N) is 1. The van der Waals surface area contributed by atoms with E-state index in [4.69, 9.17) is 15.3 Å². The molecule has 3 rings (SSSR count). The highest BCUT2D eigenvalue weighted by atomic mass is 16.6. The Morgan fingerprint density at radius 2 is 1.81 bits per heavy atom. The monoisotopic (exact) mass is 352 g/mol. The van der Waals surface area contributed by atoms with Crippen molar-refractivity contribution in [1.29, 1.82) is 0 Å². The number of rotatable bonds is 5. The predicted molar refractivity (Wildman–Crippen MR) is 98.0 cm³/mol. The highest BCUT2D eigenvalue weighted by Gasteiger charge is 2.27. The molecule has 0 radical (unpaired) electrons. The molecule has 0 aliphatic carbocycles. The second kappa shape index (κ2) is 6.92. The molecule has 0 aliphatic rings. The zero-order valence-electron chi connectivity index (χ0n) is 14.9. The Morgan fingerprint density at radius 1 is 1.08 bits per heavy atom. The van der Waals surface area contributed by atoms with E-state index in [0.717, 1.165) is 22.0 Å². The molecule has 1 aromatic heterocycles. The van der Waals surface area contributed by atoms with Gasteiger partial charge in [-0.15, -0.1) is 0 Å². The Labute approximate surface area is 151 Å². The normalized spacial score (nSPS) is 12.0. The Balaban J connectivity index is 2.24. The molecule has 6 nitrogen and oxygen atoms in total. The number of methoxy groups -OCH3 is 1. The van der Waals surface area contributed by atoms with Crippen LogP contribution in [0.2, 0.25) is 0 Å². The molecule has 0 aliphatic heterocycles. The summed E-state index contributed by atoms with van der Waals surface area (Å²) in [5, 5.41) is 0.862. The number of carbonyl (C=O) groups excluding carboxylic acids is 2. The van der Waals surface area contributed by atoms with E-state index in [2.05, 4.69) is 0 Å². The molecule has 0 fully saturated rings. The molecule has 0 bridgehead atoms. The molecule has 1 heterocycles. The molecular formula is C20H20N2O4. The Morgan fingerprint density at radius 3 is 2.46 bits per heavy atom. The van der Waals surface area contributed by atoms with Crippen LogP contribution in [-0.2, 0) is 9.53 Å². The number of ether oxygens (including phenoxy) is 1. The van der Waals surface area contributed by atoms with Crippen molar-refractivity contribution < 1.29 is 19.2 Å². The number of fused-ring (bicyclic) bond motifs is 1. The number of esters is 1. The van der Waals surface area contributed by atoms with Crippen LogP contribution in [0.3, 0.4) is 0 Å². The van der Waals surface area contributed by atoms with Crippen LogP contribution in [-0.4, -0.2) is 30.8 Å². The van der Waals surface area contributed by atoms with E-state index in [1.165, 1.54) is 7.11 Å². The van der Waals surface area contributed by atoms with Crippen LogP contribution in [0.5, 0.6) is 0 Å². The molecule has 1 unspecified atom stereocenters. The minimum Gasteiger partial charge on any atom is -0.465 e. The van der Waals surface area contributed by atoms with Gasteiger partial charge in [-0.2, -0.15) is 4.73 Å². The summed E-state index contributed by atoms with van der Waals surface area (Å²) in [6, 6.07) is 12.7. The highest BCUT2D eigenvalue weighted by molar-refractivity contribution is 5.95. The van der Waals surface area contributed by atoms with E-state index in [-0.39, 0.29) is 0 Å². The summed E-state index contributed by atoms with van der Waals surface area (Å²) in [5.74, 6) is -1.69. The van der Waals surface area contributed by atoms with Gasteiger partial charge in [0.05, 0.1) is 24.1 Å². The van der Waals surface area contributed by atoms with Gasteiger partial charge in [0.2, 0.25) is 5.91 Å². The lowest BCUT2D eigenvalue weighted by atomic mass is 9.86. The van der Waals surface area contributed by atoms with Crippen LogP contribution >= 0.6 is 0 Å². The quantitative estimate of drug-likeness (QED) is 0.715. The van der Waals surface area contributed by atoms with Crippen molar-refractivity contribution in [2.24, 2.45) is 5.73 Å². The van der Waals surface area contributed by atoms with Crippen molar-refractivity contribution in [2.45, 2.75) is 12.8 Å². The molecule has 6 heteroatoms. The fourth-order valence-corrected chi connectivity index (χ4v) is 3.23. The first-order valence-corrected chi connectivity index (χ1v) is 8.10. The molecule has 1 amide bonds. The van der Waals surface area contributed by atoms with Crippen LogP contribution < -0.4 is 10.6 Å². The fourth-order valence-electron chi connectivity index (χ4n) is 3.23. The Kier molecular flexibility index (Phi) is 4.67. The van der Waals surface area contributed by atoms with E-state index >= 15 is 0 Å². The number of aryl methyl sites for hydroxylation is 1. The standard InChI is InChI=1S/C20H20N2O4/c1-12-8-9-13(20(24)25-2)10-15(12)18(19(21)23)16-11-22(26-3)17-7-5-4-6-14(16)17/h4-11,18H,1-3H3,(H2,21,23). The van der Waals surface area contributed by atoms with Crippen molar-refractivity contribution in [3.05, 3.63) is 70.9 Å². The van der Waals surface area contributed by atoms with Crippen LogP contribution in [0.25, 0.3) is 10.9 Å². The van der Waals surface area contributed by atoms with Gasteiger partial charge in [-0.1, -0.05) is 24.3 Å². The first-order chi connectivity index (χ1) is 12.5. The van der Waals surface area contributed by atoms with Gasteiger partial charge in [0, 0.05) is 11.6 Å². The van der Waals surface area contributed by atoms with Gasteiger partial charge in [0.15, 0.2) is 0 Å². The lowest BCUT2D eigenvalue weighted by Crippen LogP contribution is -2.23. The fraction of sp³-hybridized carbons (Fsp3) is 0.200. The van der Waals surface area contributed by atoms with Crippen molar-refractivity contribution in [1.82, 2.24) is 4.73 Å². The molecule has 26 heavy (non-hydrogen) atoms. The molecule has 1 atom stereocenters. The lowest BCUT2D eigenvalue weighted by molar-refractivity contribution is -0.118. The highest BCUT2D eigenvalue weighted by Crippen LogP contribution is 2.34. The number of amides is 1. The largest absolute Gasteiger partial charge is 0.465 e. The van der Waals surface area contributed by atoms with Crippen LogP contribution in [0.15, 0.2) is 48.7 Å². The minimum absolute atomic E-state index is 0.370. The number of aromatic nitrogens is 1. The average molecular weight is 352 g/mol. The number of carbonyl (C=O) groups is 2. The smallest absolute Gasteiger partial charge is 0.337 e. The summed E-state index contributed by atoms with van der Waals surface area (Å²) in [6.45, 7) is 1.88. The summed E-state index contributed by atoms with van der Waals surface area (Å²) in [4.78, 5) is 29.7. The second-order valence-corrected chi connectivity index (χ2v) is 6.01. The molecule has 0 spiro atoms. The topological polar surface area (TPSA) is 83.5 Å². The SMILES string of the molecule is COC(=O)c1ccc(C)c(C(C(N)=O)c2cn(OC)c3ccccc23)c1. The van der Waals surface area contributed by atoms with Crippen LogP contribution in [0, 0.1) is 6.92 Å². The number of hydrogen-bond donors (Lipinski definition) is 1. The van der Waals surface area contributed by atoms with Gasteiger partial charge in [0.25, 0.3) is 0 Å². The maximum absolute atomic E-state index is 12.4. The summed E-state index contributed by atoms with van der Waals surface area (Å²) in [6.07, 6.45) is 1.75. The molecule has 2 aromatic carbocycles. The maximum Gasteiger partial charge on any atom is 0.337 e. The average Bonchev–Trinajstić information content (AvgIpc) is 3.01. The molecular weight excluding hydrogens is 332 g/mol. The first-order valence-electron chi connectivity index (χ1n) is 8.10. The second-order valence-electron chi connectivity index (χ2n) is 6.01. The Hall–Kier alpha value is -3.28. The van der Waals surface area contributed by atoms with E-state index in [1.807, 2.05) is 31.2 Å². The van der Waals surface area contributed by atoms with E-state index in [1.54, 1.807) is 36.2 Å². The van der Waals surface area contributed by atoms with Crippen LogP contribution in [0.1, 0.15) is 33.0 Å². The minimum atomic E-state index is -0.721.